The van der Waals surface area contributed by atoms with Crippen molar-refractivity contribution >= 4 is 24.6 Å². The van der Waals surface area contributed by atoms with Crippen molar-refractivity contribution in [2.45, 2.75) is 45.4 Å². The quantitative estimate of drug-likeness (QED) is 0.520. The van der Waals surface area contributed by atoms with Crippen molar-refractivity contribution in [3.63, 3.8) is 0 Å². The van der Waals surface area contributed by atoms with Crippen molar-refractivity contribution in [1.29, 1.82) is 0 Å². The van der Waals surface area contributed by atoms with Gasteiger partial charge >= 0.3 is 7.60 Å². The summed E-state index contributed by atoms with van der Waals surface area (Å²) in [5.41, 5.74) is 12.6. The van der Waals surface area contributed by atoms with E-state index in [4.69, 9.17) is 20.7 Å². The maximum Gasteiger partial charge on any atom is 0.353 e. The number of hydrogen-bond acceptors (Lipinski definition) is 8. The van der Waals surface area contributed by atoms with Crippen molar-refractivity contribution in [2.24, 2.45) is 5.73 Å². The first-order chi connectivity index (χ1) is 11.8. The molecule has 0 amide bonds. The predicted molar refractivity (Wildman–Crippen MR) is 93.8 cm³/mol. The van der Waals surface area contributed by atoms with Gasteiger partial charge in [-0.05, 0) is 13.3 Å². The van der Waals surface area contributed by atoms with Crippen LogP contribution in [0.1, 0.15) is 26.7 Å². The van der Waals surface area contributed by atoms with E-state index in [0.29, 0.717) is 23.5 Å². The number of nitrogens with two attached hydrogens (primary N) is 2. The third-order valence-corrected chi connectivity index (χ3v) is 4.58. The number of aromatic nitrogens is 4. The van der Waals surface area contributed by atoms with Crippen molar-refractivity contribution in [2.75, 3.05) is 18.7 Å². The molecular formula is C14H25N6O4P. The number of nitrogen functional groups attached to an aromatic ring is 1. The SMILES string of the molecule is CCCC(N)COP(=O)(O)COC(C)Cn1cnc2c(N)ncnc21. The molecule has 0 saturated heterocycles. The first-order valence-electron chi connectivity index (χ1n) is 8.07. The Labute approximate surface area is 146 Å². The van der Waals surface area contributed by atoms with Gasteiger partial charge in [-0.15, -0.1) is 0 Å². The maximum absolute atomic E-state index is 12.0. The van der Waals surface area contributed by atoms with Crippen LogP contribution in [0.15, 0.2) is 12.7 Å². The van der Waals surface area contributed by atoms with Gasteiger partial charge in [0.2, 0.25) is 0 Å². The molecule has 140 valence electrons. The second kappa shape index (κ2) is 8.68. The largest absolute Gasteiger partial charge is 0.382 e. The maximum atomic E-state index is 12.0. The minimum absolute atomic E-state index is 0.0295. The fourth-order valence-corrected chi connectivity index (χ4v) is 3.23. The molecule has 2 rings (SSSR count). The standard InChI is InChI=1S/C14H25N6O4P/c1-3-4-11(15)6-24-25(21,22)9-23-10(2)5-20-8-19-12-13(16)17-7-18-14(12)20/h7-8,10-11H,3-6,9,15H2,1-2H3,(H,21,22)(H2,16,17,18). The number of anilines is 1. The molecule has 10 nitrogen and oxygen atoms in total. The van der Waals surface area contributed by atoms with E-state index in [9.17, 15) is 9.46 Å². The molecule has 5 N–H and O–H groups in total. The average Bonchev–Trinajstić information content (AvgIpc) is 2.96. The molecule has 0 saturated carbocycles. The van der Waals surface area contributed by atoms with E-state index in [1.165, 1.54) is 6.33 Å². The molecule has 0 bridgehead atoms. The zero-order valence-corrected chi connectivity index (χ0v) is 15.3. The number of nitrogens with zero attached hydrogens (tertiary/aromatic N) is 4. The lowest BCUT2D eigenvalue weighted by Crippen LogP contribution is -2.26. The highest BCUT2D eigenvalue weighted by atomic mass is 31.2. The summed E-state index contributed by atoms with van der Waals surface area (Å²) in [7, 11) is -3.84. The summed E-state index contributed by atoms with van der Waals surface area (Å²) in [5.74, 6) is 0.300. The number of imidazole rings is 1. The number of rotatable bonds is 10. The fraction of sp³-hybridized carbons (Fsp3) is 0.643. The van der Waals surface area contributed by atoms with E-state index in [1.54, 1.807) is 17.8 Å². The highest BCUT2D eigenvalue weighted by Crippen LogP contribution is 2.42. The lowest BCUT2D eigenvalue weighted by Gasteiger charge is -2.18. The molecule has 0 fully saturated rings. The van der Waals surface area contributed by atoms with Gasteiger partial charge in [0, 0.05) is 6.04 Å². The van der Waals surface area contributed by atoms with Gasteiger partial charge in [-0.1, -0.05) is 13.3 Å². The molecule has 11 heteroatoms. The summed E-state index contributed by atoms with van der Waals surface area (Å²) in [5, 5.41) is 0. The normalized spacial score (nSPS) is 16.6. The highest BCUT2D eigenvalue weighted by Gasteiger charge is 2.23. The molecule has 3 atom stereocenters. The Kier molecular flexibility index (Phi) is 6.86. The van der Waals surface area contributed by atoms with Crippen LogP contribution in [-0.2, 0) is 20.4 Å². The number of fused-ring (bicyclic) bond motifs is 1. The average molecular weight is 372 g/mol. The van der Waals surface area contributed by atoms with Gasteiger partial charge in [-0.2, -0.15) is 0 Å². The van der Waals surface area contributed by atoms with Crippen LogP contribution in [0.5, 0.6) is 0 Å². The number of ether oxygens (including phenoxy) is 1. The fourth-order valence-electron chi connectivity index (χ4n) is 2.29. The topological polar surface area (TPSA) is 151 Å². The van der Waals surface area contributed by atoms with Gasteiger partial charge in [-0.3, -0.25) is 4.57 Å². The highest BCUT2D eigenvalue weighted by molar-refractivity contribution is 7.52. The zero-order chi connectivity index (χ0) is 18.4. The molecule has 0 aliphatic rings. The number of hydrogen-bond donors (Lipinski definition) is 3. The minimum Gasteiger partial charge on any atom is -0.382 e. The van der Waals surface area contributed by atoms with Crippen LogP contribution >= 0.6 is 7.60 Å². The zero-order valence-electron chi connectivity index (χ0n) is 14.4. The van der Waals surface area contributed by atoms with Gasteiger partial charge in [0.15, 0.2) is 11.5 Å². The molecule has 0 aromatic carbocycles. The molecule has 0 aliphatic heterocycles. The van der Waals surface area contributed by atoms with Crippen molar-refractivity contribution in [3.05, 3.63) is 12.7 Å². The van der Waals surface area contributed by atoms with Gasteiger partial charge in [0.05, 0.1) is 25.6 Å². The molecule has 0 aliphatic carbocycles. The van der Waals surface area contributed by atoms with Crippen LogP contribution in [0.3, 0.4) is 0 Å². The van der Waals surface area contributed by atoms with Gasteiger partial charge in [-0.25, -0.2) is 15.0 Å². The second-order valence-electron chi connectivity index (χ2n) is 5.92. The Bertz CT molecular complexity index is 739. The Morgan fingerprint density at radius 2 is 2.16 bits per heavy atom. The molecule has 0 radical (unpaired) electrons. The second-order valence-corrected chi connectivity index (χ2v) is 7.71. The van der Waals surface area contributed by atoms with E-state index >= 15 is 0 Å². The van der Waals surface area contributed by atoms with Crippen molar-refractivity contribution in [3.8, 4) is 0 Å². The Morgan fingerprint density at radius 3 is 2.88 bits per heavy atom. The molecule has 2 aromatic heterocycles. The van der Waals surface area contributed by atoms with Gasteiger partial charge < -0.3 is 30.2 Å². The van der Waals surface area contributed by atoms with Crippen LogP contribution in [0, 0.1) is 0 Å². The van der Waals surface area contributed by atoms with Crippen LogP contribution in [-0.4, -0.2) is 49.5 Å². The van der Waals surface area contributed by atoms with E-state index in [-0.39, 0.29) is 18.8 Å². The summed E-state index contributed by atoms with van der Waals surface area (Å²) in [6.45, 7) is 4.19. The summed E-state index contributed by atoms with van der Waals surface area (Å²) in [6, 6.07) is -0.259. The van der Waals surface area contributed by atoms with Gasteiger partial charge in [0.25, 0.3) is 0 Å². The third kappa shape index (κ3) is 5.72. The molecule has 0 spiro atoms. The van der Waals surface area contributed by atoms with Crippen LogP contribution < -0.4 is 11.5 Å². The van der Waals surface area contributed by atoms with Crippen molar-refractivity contribution in [1.82, 2.24) is 19.5 Å². The van der Waals surface area contributed by atoms with E-state index in [1.807, 2.05) is 6.92 Å². The lowest BCUT2D eigenvalue weighted by molar-refractivity contribution is 0.0709. The van der Waals surface area contributed by atoms with Crippen LogP contribution in [0.4, 0.5) is 5.82 Å². The summed E-state index contributed by atoms with van der Waals surface area (Å²) in [6.07, 6.45) is 3.79. The smallest absolute Gasteiger partial charge is 0.353 e. The monoisotopic (exact) mass is 372 g/mol. The minimum atomic E-state index is -3.84. The Balaban J connectivity index is 1.86. The molecular weight excluding hydrogens is 347 g/mol. The van der Waals surface area contributed by atoms with Crippen LogP contribution in [0.25, 0.3) is 11.2 Å². The summed E-state index contributed by atoms with van der Waals surface area (Å²) < 4.78 is 24.2. The molecule has 25 heavy (non-hydrogen) atoms. The van der Waals surface area contributed by atoms with E-state index in [0.717, 1.165) is 12.8 Å². The summed E-state index contributed by atoms with van der Waals surface area (Å²) >= 11 is 0. The van der Waals surface area contributed by atoms with Crippen LogP contribution in [0.2, 0.25) is 0 Å². The van der Waals surface area contributed by atoms with Crippen molar-refractivity contribution < 1.29 is 18.7 Å². The predicted octanol–water partition coefficient (Wildman–Crippen LogP) is 1.10. The molecule has 3 unspecified atom stereocenters. The third-order valence-electron chi connectivity index (χ3n) is 3.56. The Morgan fingerprint density at radius 1 is 1.40 bits per heavy atom. The summed E-state index contributed by atoms with van der Waals surface area (Å²) in [4.78, 5) is 22.0. The van der Waals surface area contributed by atoms with E-state index in [2.05, 4.69) is 15.0 Å². The molecule has 2 aromatic rings. The van der Waals surface area contributed by atoms with E-state index < -0.39 is 13.9 Å². The Hall–Kier alpha value is -1.58. The molecule has 2 heterocycles. The first-order valence-corrected chi connectivity index (χ1v) is 9.83. The lowest BCUT2D eigenvalue weighted by atomic mass is 10.2. The first kappa shape index (κ1) is 19.7. The van der Waals surface area contributed by atoms with Gasteiger partial charge in [0.1, 0.15) is 18.2 Å².